The van der Waals surface area contributed by atoms with Crippen LogP contribution in [-0.4, -0.2) is 58.3 Å². The number of carbonyl (C=O) groups is 2. The lowest BCUT2D eigenvalue weighted by atomic mass is 9.99. The van der Waals surface area contributed by atoms with Crippen molar-refractivity contribution in [1.29, 1.82) is 0 Å². The molecule has 11 nitrogen and oxygen atoms in total. The molecule has 0 spiro atoms. The fourth-order valence-electron chi connectivity index (χ4n) is 5.97. The zero-order valence-corrected chi connectivity index (χ0v) is 28.2. The monoisotopic (exact) mass is 682 g/mol. The van der Waals surface area contributed by atoms with Crippen molar-refractivity contribution in [3.8, 4) is 5.75 Å². The molecule has 7 N–H and O–H groups in total. The number of aromatic hydroxyl groups is 1. The van der Waals surface area contributed by atoms with Crippen molar-refractivity contribution in [3.63, 3.8) is 0 Å². The molecule has 4 atom stereocenters. The second kappa shape index (κ2) is 17.7. The summed E-state index contributed by atoms with van der Waals surface area (Å²) in [5.74, 6) is -0.210. The summed E-state index contributed by atoms with van der Waals surface area (Å²) in [4.78, 5) is 27.1. The van der Waals surface area contributed by atoms with Crippen molar-refractivity contribution in [2.24, 2.45) is 0 Å². The lowest BCUT2D eigenvalue weighted by molar-refractivity contribution is -0.252. The van der Waals surface area contributed by atoms with Crippen LogP contribution in [0.15, 0.2) is 97.1 Å². The van der Waals surface area contributed by atoms with Crippen molar-refractivity contribution < 1.29 is 34.4 Å². The van der Waals surface area contributed by atoms with Gasteiger partial charge in [0.25, 0.3) is 0 Å². The summed E-state index contributed by atoms with van der Waals surface area (Å²) in [7, 11) is 1.91. The molecule has 2 amide bonds. The third-order valence-corrected chi connectivity index (χ3v) is 8.60. The highest BCUT2D eigenvalue weighted by atomic mass is 16.7. The van der Waals surface area contributed by atoms with E-state index in [-0.39, 0.29) is 49.2 Å². The number of rotatable bonds is 15. The molecular weight excluding hydrogens is 636 g/mol. The van der Waals surface area contributed by atoms with Gasteiger partial charge in [-0.25, -0.2) is 0 Å². The molecule has 4 aromatic carbocycles. The third-order valence-electron chi connectivity index (χ3n) is 8.60. The quantitative estimate of drug-likeness (QED) is 0.0670. The number of hydrogen-bond donors (Lipinski definition) is 6. The van der Waals surface area contributed by atoms with E-state index in [2.05, 4.69) is 10.6 Å². The third kappa shape index (κ3) is 10.6. The van der Waals surface area contributed by atoms with Gasteiger partial charge in [0.2, 0.25) is 11.8 Å². The number of ether oxygens (including phenoxy) is 2. The van der Waals surface area contributed by atoms with E-state index in [1.54, 1.807) is 54.6 Å². The summed E-state index contributed by atoms with van der Waals surface area (Å²) < 4.78 is 13.0. The minimum Gasteiger partial charge on any atom is -0.508 e. The van der Waals surface area contributed by atoms with E-state index in [1.807, 2.05) is 54.4 Å². The van der Waals surface area contributed by atoms with Crippen LogP contribution in [-0.2, 0) is 25.7 Å². The molecule has 1 aliphatic heterocycles. The maximum atomic E-state index is 12.8. The average Bonchev–Trinajstić information content (AvgIpc) is 3.11. The summed E-state index contributed by atoms with van der Waals surface area (Å²) in [5, 5.41) is 35.9. The summed E-state index contributed by atoms with van der Waals surface area (Å²) in [6.07, 6.45) is 0.121. The highest BCUT2D eigenvalue weighted by Crippen LogP contribution is 2.39. The molecule has 4 aromatic rings. The van der Waals surface area contributed by atoms with E-state index < -0.39 is 12.4 Å². The Morgan fingerprint density at radius 3 is 2.32 bits per heavy atom. The molecular formula is C39H46N4O7. The van der Waals surface area contributed by atoms with Gasteiger partial charge in [-0.15, -0.1) is 0 Å². The van der Waals surface area contributed by atoms with Gasteiger partial charge in [0.05, 0.1) is 36.3 Å². The Morgan fingerprint density at radius 1 is 0.880 bits per heavy atom. The molecule has 0 radical (unpaired) electrons. The largest absolute Gasteiger partial charge is 0.508 e. The van der Waals surface area contributed by atoms with E-state index >= 15 is 0 Å². The zero-order valence-electron chi connectivity index (χ0n) is 28.2. The number of unbranched alkanes of at least 4 members (excludes halogenated alkanes) is 1. The number of nitrogens with zero attached hydrogens (tertiary/aromatic N) is 1. The highest BCUT2D eigenvalue weighted by molar-refractivity contribution is 5.94. The van der Waals surface area contributed by atoms with Crippen LogP contribution in [0.25, 0.3) is 0 Å². The molecule has 1 heterocycles. The molecule has 5 rings (SSSR count). The van der Waals surface area contributed by atoms with Gasteiger partial charge in [0.1, 0.15) is 5.75 Å². The Bertz CT molecular complexity index is 1720. The van der Waals surface area contributed by atoms with E-state index in [9.17, 15) is 24.9 Å². The minimum absolute atomic E-state index is 0.0515. The van der Waals surface area contributed by atoms with Crippen LogP contribution in [0.5, 0.6) is 5.75 Å². The Morgan fingerprint density at radius 2 is 1.60 bits per heavy atom. The number of hydrogen-bond acceptors (Lipinski definition) is 9. The van der Waals surface area contributed by atoms with E-state index in [1.165, 1.54) is 0 Å². The minimum atomic E-state index is -0.796. The number of phenols is 1. The molecule has 0 unspecified atom stereocenters. The van der Waals surface area contributed by atoms with Crippen molar-refractivity contribution in [3.05, 3.63) is 119 Å². The summed E-state index contributed by atoms with van der Waals surface area (Å²) in [5.41, 5.74) is 10.7. The molecule has 0 bridgehead atoms. The number of anilines is 3. The van der Waals surface area contributed by atoms with Crippen LogP contribution < -0.4 is 16.4 Å². The first-order valence-electron chi connectivity index (χ1n) is 16.9. The van der Waals surface area contributed by atoms with Gasteiger partial charge >= 0.3 is 0 Å². The first-order valence-corrected chi connectivity index (χ1v) is 16.9. The number of phenolic OH excluding ortho intramolecular Hbond substituents is 1. The van der Waals surface area contributed by atoms with Crippen molar-refractivity contribution in [2.45, 2.75) is 63.3 Å². The molecule has 0 aliphatic carbocycles. The van der Waals surface area contributed by atoms with Gasteiger partial charge in [0, 0.05) is 43.6 Å². The molecule has 0 saturated carbocycles. The van der Waals surface area contributed by atoms with E-state index in [0.717, 1.165) is 16.7 Å². The van der Waals surface area contributed by atoms with E-state index in [0.29, 0.717) is 55.0 Å². The smallest absolute Gasteiger partial charge is 0.224 e. The average molecular weight is 683 g/mol. The second-order valence-electron chi connectivity index (χ2n) is 12.7. The Balaban J connectivity index is 1.19. The van der Waals surface area contributed by atoms with Gasteiger partial charge in [-0.2, -0.15) is 0 Å². The maximum absolute atomic E-state index is 12.8. The number of aliphatic hydroxyl groups excluding tert-OH is 2. The number of amides is 2. The van der Waals surface area contributed by atoms with Gasteiger partial charge in [0.15, 0.2) is 6.29 Å². The van der Waals surface area contributed by atoms with Gasteiger partial charge in [-0.05, 0) is 73.0 Å². The molecule has 1 saturated heterocycles. The number of para-hydroxylation sites is 2. The lowest BCUT2D eigenvalue weighted by Gasteiger charge is -2.38. The van der Waals surface area contributed by atoms with Crippen LogP contribution in [0.1, 0.15) is 72.9 Å². The van der Waals surface area contributed by atoms with Crippen LogP contribution in [0.3, 0.4) is 0 Å². The number of likely N-dealkylation sites (N-methyl/N-ethyl adjacent to an activating group) is 1. The van der Waals surface area contributed by atoms with Gasteiger partial charge in [-0.3, -0.25) is 9.59 Å². The predicted octanol–water partition coefficient (Wildman–Crippen LogP) is 5.82. The van der Waals surface area contributed by atoms with Crippen LogP contribution in [0, 0.1) is 0 Å². The highest BCUT2D eigenvalue weighted by Gasteiger charge is 2.33. The normalized spacial score (nSPS) is 18.0. The number of nitrogens with two attached hydrogens (primary N) is 1. The van der Waals surface area contributed by atoms with E-state index in [4.69, 9.17) is 15.2 Å². The summed E-state index contributed by atoms with van der Waals surface area (Å²) in [6.45, 7) is 0.789. The summed E-state index contributed by atoms with van der Waals surface area (Å²) >= 11 is 0. The molecule has 50 heavy (non-hydrogen) atoms. The Hall–Kier alpha value is -4.78. The first kappa shape index (κ1) is 36.5. The fraction of sp³-hybridized carbons (Fsp3) is 0.333. The van der Waals surface area contributed by atoms with Crippen LogP contribution >= 0.6 is 0 Å². The number of aliphatic hydroxyl groups is 2. The Labute approximate surface area is 292 Å². The van der Waals surface area contributed by atoms with Crippen molar-refractivity contribution in [2.75, 3.05) is 36.5 Å². The summed E-state index contributed by atoms with van der Waals surface area (Å²) in [6, 6.07) is 28.7. The number of nitrogens with one attached hydrogen (secondary N) is 2. The molecule has 0 aromatic heterocycles. The molecule has 264 valence electrons. The number of benzene rings is 4. The lowest BCUT2D eigenvalue weighted by Crippen LogP contribution is -2.39. The SMILES string of the molecule is CN(C[C@H]1C[C@@H](c2ccc(CO)cc2)O[C@@H](c2cccc(NC(=O)CCCCC(=O)Nc3ccccc3N)c2)O1)C[C@@H](O)c1cccc(O)c1. The topological polar surface area (TPSA) is 167 Å². The number of carbonyl (C=O) groups excluding carboxylic acids is 2. The molecule has 11 heteroatoms. The fourth-order valence-corrected chi connectivity index (χ4v) is 5.97. The standard InChI is InChI=1S/C39H46N4O7/c1-43(24-35(46)28-8-7-11-31(45)21-28)23-32-22-36(27-18-16-26(25-44)17-19-27)50-39(49-32)29-9-6-10-30(20-29)41-37(47)14-4-5-15-38(48)42-34-13-3-2-12-33(34)40/h2-3,6-13,16-21,32,35-36,39,44-46H,4-5,14-15,22-25,40H2,1H3,(H,41,47)(H,42,48)/t32-,35-,36+,39+/m1/s1. The Kier molecular flexibility index (Phi) is 13.0. The zero-order chi connectivity index (χ0) is 35.5. The van der Waals surface area contributed by atoms with Crippen LogP contribution in [0.2, 0.25) is 0 Å². The van der Waals surface area contributed by atoms with Crippen molar-refractivity contribution in [1.82, 2.24) is 4.90 Å². The first-order chi connectivity index (χ1) is 24.2. The molecule has 1 fully saturated rings. The van der Waals surface area contributed by atoms with Gasteiger partial charge < -0.3 is 46.1 Å². The van der Waals surface area contributed by atoms with Gasteiger partial charge in [-0.1, -0.05) is 60.7 Å². The molecule has 1 aliphatic rings. The van der Waals surface area contributed by atoms with Crippen LogP contribution in [0.4, 0.5) is 17.1 Å². The number of nitrogen functional groups attached to an aromatic ring is 1. The second-order valence-corrected chi connectivity index (χ2v) is 12.7. The predicted molar refractivity (Wildman–Crippen MR) is 192 cm³/mol. The maximum Gasteiger partial charge on any atom is 0.224 e. The van der Waals surface area contributed by atoms with Crippen molar-refractivity contribution >= 4 is 28.9 Å².